The van der Waals surface area contributed by atoms with Crippen molar-refractivity contribution >= 4 is 12.0 Å². The predicted octanol–water partition coefficient (Wildman–Crippen LogP) is -0.202. The van der Waals surface area contributed by atoms with Gasteiger partial charge in [-0.15, -0.1) is 0 Å². The van der Waals surface area contributed by atoms with Crippen molar-refractivity contribution in [3.63, 3.8) is 0 Å². The lowest BCUT2D eigenvalue weighted by atomic mass is 10.1. The van der Waals surface area contributed by atoms with Crippen LogP contribution in [0.25, 0.3) is 0 Å². The maximum Gasteiger partial charge on any atom is 0.508 e. The number of hydrogen-bond donors (Lipinski definition) is 3. The minimum Gasteiger partial charge on any atom is -0.431 e. The van der Waals surface area contributed by atoms with E-state index in [4.69, 9.17) is 19.9 Å². The summed E-state index contributed by atoms with van der Waals surface area (Å²) in [5.74, 6) is 0.0188. The van der Waals surface area contributed by atoms with Crippen LogP contribution in [0.3, 0.4) is 0 Å². The number of benzene rings is 1. The molecule has 0 unspecified atom stereocenters. The summed E-state index contributed by atoms with van der Waals surface area (Å²) >= 11 is 0. The monoisotopic (exact) mass is 377 g/mol. The summed E-state index contributed by atoms with van der Waals surface area (Å²) in [6.45, 7) is -0.328. The van der Waals surface area contributed by atoms with Gasteiger partial charge in [-0.1, -0.05) is 30.3 Å². The zero-order valence-corrected chi connectivity index (χ0v) is 14.2. The highest BCUT2D eigenvalue weighted by Gasteiger charge is 2.44. The number of ether oxygens (including phenoxy) is 3. The Hall–Kier alpha value is -2.95. The first-order valence-electron chi connectivity index (χ1n) is 8.15. The lowest BCUT2D eigenvalue weighted by Crippen LogP contribution is -2.36. The molecule has 1 aliphatic rings. The van der Waals surface area contributed by atoms with Gasteiger partial charge in [-0.2, -0.15) is 4.98 Å². The van der Waals surface area contributed by atoms with Crippen LogP contribution in [0.4, 0.5) is 10.6 Å². The fourth-order valence-corrected chi connectivity index (χ4v) is 2.62. The molecule has 0 saturated carbocycles. The van der Waals surface area contributed by atoms with E-state index in [0.717, 1.165) is 10.1 Å². The molecule has 0 bridgehead atoms. The molecular formula is C17H19N3O7. The van der Waals surface area contributed by atoms with E-state index in [1.807, 2.05) is 18.2 Å². The molecule has 0 radical (unpaired) electrons. The third-order valence-corrected chi connectivity index (χ3v) is 4.03. The first-order chi connectivity index (χ1) is 13.0. The number of nitrogens with two attached hydrogens (primary N) is 1. The van der Waals surface area contributed by atoms with Gasteiger partial charge in [0, 0.05) is 6.20 Å². The number of aliphatic hydroxyl groups excluding tert-OH is 2. The summed E-state index contributed by atoms with van der Waals surface area (Å²) < 4.78 is 16.3. The van der Waals surface area contributed by atoms with Crippen LogP contribution in [0.2, 0.25) is 0 Å². The molecule has 0 amide bonds. The second-order valence-corrected chi connectivity index (χ2v) is 5.92. The number of nitrogen functional groups attached to an aromatic ring is 1. The fraction of sp³-hybridized carbons (Fsp3) is 0.353. The summed E-state index contributed by atoms with van der Waals surface area (Å²) in [6, 6.07) is 10.4. The lowest BCUT2D eigenvalue weighted by Gasteiger charge is -2.16. The standard InChI is InChI=1S/C17H19N3O7/c18-12-6-7-20(16(23)19-12)15-14(22)13(21)11(27-15)9-26-17(24)25-8-10-4-2-1-3-5-10/h1-7,11,13-15,21-22H,8-9H2,(H2,18,19,23)/t11-,13-,14-,15-/m1/s1. The van der Waals surface area contributed by atoms with Gasteiger partial charge in [0.1, 0.15) is 37.3 Å². The van der Waals surface area contributed by atoms with E-state index >= 15 is 0 Å². The molecule has 0 spiro atoms. The van der Waals surface area contributed by atoms with Gasteiger partial charge in [-0.3, -0.25) is 4.57 Å². The van der Waals surface area contributed by atoms with E-state index in [1.54, 1.807) is 12.1 Å². The molecule has 2 heterocycles. The Morgan fingerprint density at radius 1 is 1.19 bits per heavy atom. The zero-order valence-electron chi connectivity index (χ0n) is 14.2. The topological polar surface area (TPSA) is 146 Å². The van der Waals surface area contributed by atoms with E-state index < -0.39 is 36.4 Å². The Bertz CT molecular complexity index is 842. The molecule has 3 rings (SSSR count). The highest BCUT2D eigenvalue weighted by molar-refractivity contribution is 5.59. The Morgan fingerprint density at radius 3 is 2.63 bits per heavy atom. The third kappa shape index (κ3) is 4.42. The largest absolute Gasteiger partial charge is 0.508 e. The van der Waals surface area contributed by atoms with Crippen LogP contribution < -0.4 is 11.4 Å². The maximum atomic E-state index is 11.9. The first kappa shape index (κ1) is 18.8. The van der Waals surface area contributed by atoms with Crippen molar-refractivity contribution in [2.24, 2.45) is 0 Å². The Balaban J connectivity index is 1.54. The Morgan fingerprint density at radius 2 is 1.93 bits per heavy atom. The third-order valence-electron chi connectivity index (χ3n) is 4.03. The predicted molar refractivity (Wildman–Crippen MR) is 91.4 cm³/mol. The van der Waals surface area contributed by atoms with E-state index in [1.165, 1.54) is 12.3 Å². The van der Waals surface area contributed by atoms with Crippen molar-refractivity contribution in [1.29, 1.82) is 0 Å². The molecule has 1 aliphatic heterocycles. The molecule has 2 aromatic rings. The normalized spacial score (nSPS) is 24.5. The number of aliphatic hydroxyl groups is 2. The molecule has 4 N–H and O–H groups in total. The lowest BCUT2D eigenvalue weighted by molar-refractivity contribution is -0.0647. The molecule has 0 aliphatic carbocycles. The van der Waals surface area contributed by atoms with E-state index in [-0.39, 0.29) is 19.0 Å². The van der Waals surface area contributed by atoms with Gasteiger partial charge in [-0.25, -0.2) is 9.59 Å². The summed E-state index contributed by atoms with van der Waals surface area (Å²) in [6.07, 6.45) is -4.67. The summed E-state index contributed by atoms with van der Waals surface area (Å²) in [7, 11) is 0. The van der Waals surface area contributed by atoms with Gasteiger partial charge in [0.25, 0.3) is 0 Å². The van der Waals surface area contributed by atoms with E-state index in [2.05, 4.69) is 4.98 Å². The van der Waals surface area contributed by atoms with Crippen LogP contribution >= 0.6 is 0 Å². The Labute approximate surface area is 153 Å². The van der Waals surface area contributed by atoms with E-state index in [9.17, 15) is 19.8 Å². The minimum absolute atomic E-state index is 0.0188. The first-order valence-corrected chi connectivity index (χ1v) is 8.15. The molecule has 1 aromatic heterocycles. The Kier molecular flexibility index (Phi) is 5.69. The molecule has 4 atom stereocenters. The van der Waals surface area contributed by atoms with Crippen molar-refractivity contribution in [2.75, 3.05) is 12.3 Å². The van der Waals surface area contributed by atoms with Crippen molar-refractivity contribution in [3.05, 3.63) is 58.6 Å². The van der Waals surface area contributed by atoms with Gasteiger partial charge in [0.05, 0.1) is 0 Å². The zero-order chi connectivity index (χ0) is 19.4. The highest BCUT2D eigenvalue weighted by atomic mass is 16.7. The quantitative estimate of drug-likeness (QED) is 0.603. The van der Waals surface area contributed by atoms with Crippen LogP contribution in [-0.4, -0.2) is 50.8 Å². The van der Waals surface area contributed by atoms with Crippen LogP contribution in [0.15, 0.2) is 47.4 Å². The number of hydrogen-bond acceptors (Lipinski definition) is 9. The second kappa shape index (κ2) is 8.16. The number of rotatable bonds is 5. The van der Waals surface area contributed by atoms with Crippen LogP contribution in [0, 0.1) is 0 Å². The van der Waals surface area contributed by atoms with Crippen LogP contribution in [0.1, 0.15) is 11.8 Å². The average molecular weight is 377 g/mol. The van der Waals surface area contributed by atoms with Gasteiger partial charge in [0.2, 0.25) is 0 Å². The highest BCUT2D eigenvalue weighted by Crippen LogP contribution is 2.28. The number of anilines is 1. The fourth-order valence-electron chi connectivity index (χ4n) is 2.62. The summed E-state index contributed by atoms with van der Waals surface area (Å²) in [5, 5.41) is 20.2. The molecule has 144 valence electrons. The molecule has 10 nitrogen and oxygen atoms in total. The van der Waals surface area contributed by atoms with Crippen LogP contribution in [-0.2, 0) is 20.8 Å². The molecule has 1 fully saturated rings. The summed E-state index contributed by atoms with van der Waals surface area (Å²) in [4.78, 5) is 27.1. The van der Waals surface area contributed by atoms with Gasteiger partial charge < -0.3 is 30.2 Å². The van der Waals surface area contributed by atoms with Crippen molar-refractivity contribution in [3.8, 4) is 0 Å². The summed E-state index contributed by atoms with van der Waals surface area (Å²) in [5.41, 5.74) is 5.47. The van der Waals surface area contributed by atoms with Crippen molar-refractivity contribution in [2.45, 2.75) is 31.1 Å². The number of carbonyl (C=O) groups excluding carboxylic acids is 1. The van der Waals surface area contributed by atoms with Gasteiger partial charge >= 0.3 is 11.8 Å². The average Bonchev–Trinajstić information content (AvgIpc) is 2.94. The maximum absolute atomic E-state index is 11.9. The minimum atomic E-state index is -1.41. The number of carbonyl (C=O) groups is 1. The van der Waals surface area contributed by atoms with Gasteiger partial charge in [0.15, 0.2) is 6.23 Å². The second-order valence-electron chi connectivity index (χ2n) is 5.92. The molecule has 27 heavy (non-hydrogen) atoms. The van der Waals surface area contributed by atoms with E-state index in [0.29, 0.717) is 0 Å². The molecule has 1 aromatic carbocycles. The van der Waals surface area contributed by atoms with Crippen molar-refractivity contribution in [1.82, 2.24) is 9.55 Å². The number of nitrogens with zero attached hydrogens (tertiary/aromatic N) is 2. The number of aromatic nitrogens is 2. The molecular weight excluding hydrogens is 358 g/mol. The molecule has 10 heteroatoms. The SMILES string of the molecule is Nc1ccn([C@@H]2O[C@H](COC(=O)OCc3ccccc3)[C@@H](O)[C@H]2O)c(=O)n1. The molecule has 1 saturated heterocycles. The smallest absolute Gasteiger partial charge is 0.431 e. The van der Waals surface area contributed by atoms with Gasteiger partial charge in [-0.05, 0) is 11.6 Å². The van der Waals surface area contributed by atoms with Crippen molar-refractivity contribution < 1.29 is 29.2 Å². The van der Waals surface area contributed by atoms with Crippen LogP contribution in [0.5, 0.6) is 0 Å².